The molecule has 0 bridgehead atoms. The van der Waals surface area contributed by atoms with Crippen molar-refractivity contribution in [3.05, 3.63) is 64.9 Å². The van der Waals surface area contributed by atoms with Crippen molar-refractivity contribution >= 4 is 45.1 Å². The Bertz CT molecular complexity index is 1020. The van der Waals surface area contributed by atoms with Crippen LogP contribution in [-0.4, -0.2) is 23.3 Å². The largest absolute Gasteiger partial charge is 0.343 e. The number of fused-ring (bicyclic) bond motifs is 1. The normalized spacial score (nSPS) is 11.1. The predicted molar refractivity (Wildman–Crippen MR) is 96.6 cm³/mol. The Balaban J connectivity index is 1.54. The van der Waals surface area contributed by atoms with Gasteiger partial charge in [-0.15, -0.1) is 11.3 Å². The SMILES string of the molecule is O=C(/C=C/c1nc2ccccc2s1)NCC(=O)Nc1ccc(F)c(F)c1F. The van der Waals surface area contributed by atoms with E-state index in [1.54, 1.807) is 0 Å². The summed E-state index contributed by atoms with van der Waals surface area (Å²) < 4.78 is 40.4. The molecule has 0 spiro atoms. The summed E-state index contributed by atoms with van der Waals surface area (Å²) in [7, 11) is 0. The van der Waals surface area contributed by atoms with Crippen LogP contribution in [0.5, 0.6) is 0 Å². The third-order valence-electron chi connectivity index (χ3n) is 3.42. The predicted octanol–water partition coefficient (Wildman–Crippen LogP) is 3.48. The monoisotopic (exact) mass is 391 g/mol. The molecule has 0 radical (unpaired) electrons. The van der Waals surface area contributed by atoms with Crippen LogP contribution in [0.25, 0.3) is 16.3 Å². The van der Waals surface area contributed by atoms with Crippen molar-refractivity contribution in [2.75, 3.05) is 11.9 Å². The lowest BCUT2D eigenvalue weighted by Gasteiger charge is -2.07. The fraction of sp³-hybridized carbons (Fsp3) is 0.0556. The highest BCUT2D eigenvalue weighted by atomic mass is 32.1. The molecule has 0 aliphatic heterocycles. The highest BCUT2D eigenvalue weighted by molar-refractivity contribution is 7.19. The molecule has 27 heavy (non-hydrogen) atoms. The zero-order valence-corrected chi connectivity index (χ0v) is 14.4. The highest BCUT2D eigenvalue weighted by Crippen LogP contribution is 2.22. The summed E-state index contributed by atoms with van der Waals surface area (Å²) in [5.74, 6) is -5.91. The molecule has 3 aromatic rings. The van der Waals surface area contributed by atoms with E-state index in [-0.39, 0.29) is 0 Å². The number of thiazole rings is 1. The average molecular weight is 391 g/mol. The Morgan fingerprint density at radius 3 is 2.63 bits per heavy atom. The maximum atomic E-state index is 13.5. The molecule has 5 nitrogen and oxygen atoms in total. The van der Waals surface area contributed by atoms with Gasteiger partial charge in [0.1, 0.15) is 5.01 Å². The first-order valence-electron chi connectivity index (χ1n) is 7.69. The zero-order chi connectivity index (χ0) is 19.4. The maximum absolute atomic E-state index is 13.5. The molecular formula is C18H12F3N3O2S. The lowest BCUT2D eigenvalue weighted by atomic mass is 10.2. The average Bonchev–Trinajstić information content (AvgIpc) is 3.08. The smallest absolute Gasteiger partial charge is 0.244 e. The van der Waals surface area contributed by atoms with Crippen LogP contribution >= 0.6 is 11.3 Å². The van der Waals surface area contributed by atoms with E-state index < -0.39 is 41.5 Å². The van der Waals surface area contributed by atoms with Gasteiger partial charge in [-0.3, -0.25) is 9.59 Å². The van der Waals surface area contributed by atoms with Gasteiger partial charge in [0.05, 0.1) is 22.4 Å². The van der Waals surface area contributed by atoms with Crippen LogP contribution in [0.1, 0.15) is 5.01 Å². The summed E-state index contributed by atoms with van der Waals surface area (Å²) in [6.45, 7) is -0.471. The van der Waals surface area contributed by atoms with Crippen LogP contribution in [-0.2, 0) is 9.59 Å². The minimum Gasteiger partial charge on any atom is -0.343 e. The molecule has 138 valence electrons. The molecular weight excluding hydrogens is 379 g/mol. The molecule has 1 heterocycles. The van der Waals surface area contributed by atoms with Gasteiger partial charge in [0.2, 0.25) is 11.8 Å². The molecule has 0 fully saturated rings. The van der Waals surface area contributed by atoms with Crippen molar-refractivity contribution in [2.24, 2.45) is 0 Å². The quantitative estimate of drug-likeness (QED) is 0.517. The summed E-state index contributed by atoms with van der Waals surface area (Å²) in [4.78, 5) is 27.8. The topological polar surface area (TPSA) is 71.1 Å². The summed E-state index contributed by atoms with van der Waals surface area (Å²) in [6.07, 6.45) is 2.72. The number of hydrogen-bond donors (Lipinski definition) is 2. The third kappa shape index (κ3) is 4.50. The van der Waals surface area contributed by atoms with Crippen LogP contribution in [0, 0.1) is 17.5 Å². The number of carbonyl (C=O) groups excluding carboxylic acids is 2. The molecule has 0 aliphatic rings. The van der Waals surface area contributed by atoms with Gasteiger partial charge >= 0.3 is 0 Å². The number of amides is 2. The number of rotatable bonds is 5. The Morgan fingerprint density at radius 1 is 1.07 bits per heavy atom. The van der Waals surface area contributed by atoms with Gasteiger partial charge in [-0.25, -0.2) is 18.2 Å². The van der Waals surface area contributed by atoms with E-state index in [2.05, 4.69) is 15.6 Å². The van der Waals surface area contributed by atoms with Crippen LogP contribution in [0.4, 0.5) is 18.9 Å². The summed E-state index contributed by atoms with van der Waals surface area (Å²) in [6, 6.07) is 9.08. The summed E-state index contributed by atoms with van der Waals surface area (Å²) in [5, 5.41) is 4.98. The molecule has 0 saturated heterocycles. The fourth-order valence-electron chi connectivity index (χ4n) is 2.15. The minimum atomic E-state index is -1.68. The number of halogens is 3. The Labute approximate surface area is 155 Å². The van der Waals surface area contributed by atoms with Gasteiger partial charge in [0.25, 0.3) is 0 Å². The second-order valence-corrected chi connectivity index (χ2v) is 6.40. The van der Waals surface area contributed by atoms with Crippen LogP contribution in [0.15, 0.2) is 42.5 Å². The number of para-hydroxylation sites is 1. The molecule has 3 rings (SSSR count). The van der Waals surface area contributed by atoms with E-state index >= 15 is 0 Å². The Kier molecular flexibility index (Phi) is 5.51. The third-order valence-corrected chi connectivity index (χ3v) is 4.42. The zero-order valence-electron chi connectivity index (χ0n) is 13.6. The number of aromatic nitrogens is 1. The van der Waals surface area contributed by atoms with Crippen molar-refractivity contribution < 1.29 is 22.8 Å². The van der Waals surface area contributed by atoms with Gasteiger partial charge < -0.3 is 10.6 Å². The standard InChI is InChI=1S/C18H12F3N3O2S/c19-10-5-6-12(18(21)17(10)20)23-15(26)9-22-14(25)7-8-16-24-11-3-1-2-4-13(11)27-16/h1-8H,9H2,(H,22,25)(H,23,26)/b8-7+. The molecule has 9 heteroatoms. The molecule has 0 saturated carbocycles. The molecule has 2 amide bonds. The highest BCUT2D eigenvalue weighted by Gasteiger charge is 2.15. The Hall–Kier alpha value is -3.20. The lowest BCUT2D eigenvalue weighted by molar-refractivity contribution is -0.121. The van der Waals surface area contributed by atoms with Gasteiger partial charge in [-0.1, -0.05) is 12.1 Å². The van der Waals surface area contributed by atoms with Gasteiger partial charge in [-0.05, 0) is 30.3 Å². The summed E-state index contributed by atoms with van der Waals surface area (Å²) in [5.41, 5.74) is 0.300. The first kappa shape index (κ1) is 18.6. The van der Waals surface area contributed by atoms with Crippen molar-refractivity contribution in [3.8, 4) is 0 Å². The van der Waals surface area contributed by atoms with E-state index in [0.717, 1.165) is 16.3 Å². The molecule has 1 aromatic heterocycles. The fourth-order valence-corrected chi connectivity index (χ4v) is 3.02. The van der Waals surface area contributed by atoms with Crippen molar-refractivity contribution in [1.29, 1.82) is 0 Å². The maximum Gasteiger partial charge on any atom is 0.244 e. The van der Waals surface area contributed by atoms with E-state index in [1.165, 1.54) is 23.5 Å². The van der Waals surface area contributed by atoms with E-state index in [0.29, 0.717) is 11.1 Å². The van der Waals surface area contributed by atoms with Crippen molar-refractivity contribution in [1.82, 2.24) is 10.3 Å². The van der Waals surface area contributed by atoms with E-state index in [4.69, 9.17) is 0 Å². The molecule has 0 unspecified atom stereocenters. The van der Waals surface area contributed by atoms with Gasteiger partial charge in [0, 0.05) is 6.08 Å². The number of hydrogen-bond acceptors (Lipinski definition) is 4. The van der Waals surface area contributed by atoms with Crippen molar-refractivity contribution in [3.63, 3.8) is 0 Å². The lowest BCUT2D eigenvalue weighted by Crippen LogP contribution is -2.32. The summed E-state index contributed by atoms with van der Waals surface area (Å²) >= 11 is 1.40. The molecule has 0 aliphatic carbocycles. The van der Waals surface area contributed by atoms with E-state index in [9.17, 15) is 22.8 Å². The van der Waals surface area contributed by atoms with Gasteiger partial charge in [0.15, 0.2) is 17.5 Å². The molecule has 0 atom stereocenters. The number of nitrogens with zero attached hydrogens (tertiary/aromatic N) is 1. The van der Waals surface area contributed by atoms with Crippen LogP contribution in [0.3, 0.4) is 0 Å². The minimum absolute atomic E-state index is 0.471. The molecule has 2 N–H and O–H groups in total. The van der Waals surface area contributed by atoms with Crippen LogP contribution in [0.2, 0.25) is 0 Å². The van der Waals surface area contributed by atoms with E-state index in [1.807, 2.05) is 24.3 Å². The number of nitrogens with one attached hydrogen (secondary N) is 2. The van der Waals surface area contributed by atoms with Gasteiger partial charge in [-0.2, -0.15) is 0 Å². The number of anilines is 1. The molecule has 2 aromatic carbocycles. The second kappa shape index (κ2) is 8.00. The first-order valence-corrected chi connectivity index (χ1v) is 8.50. The second-order valence-electron chi connectivity index (χ2n) is 5.34. The van der Waals surface area contributed by atoms with Crippen LogP contribution < -0.4 is 10.6 Å². The number of benzene rings is 2. The Morgan fingerprint density at radius 2 is 1.85 bits per heavy atom. The number of carbonyl (C=O) groups is 2. The van der Waals surface area contributed by atoms with Crippen molar-refractivity contribution in [2.45, 2.75) is 0 Å². The first-order chi connectivity index (χ1) is 12.9.